The first-order valence-corrected chi connectivity index (χ1v) is 10.0. The first-order chi connectivity index (χ1) is 15.1. The number of ether oxygens (including phenoxy) is 3. The smallest absolute Gasteiger partial charge is 0.228 e. The Hall–Kier alpha value is -3.81. The number of carbonyl (C=O) groups is 1. The van der Waals surface area contributed by atoms with Crippen LogP contribution >= 0.6 is 0 Å². The van der Waals surface area contributed by atoms with Crippen molar-refractivity contribution in [3.05, 3.63) is 42.6 Å². The van der Waals surface area contributed by atoms with Crippen LogP contribution in [0.5, 0.6) is 23.0 Å². The lowest BCUT2D eigenvalue weighted by molar-refractivity contribution is -0.117. The van der Waals surface area contributed by atoms with Crippen LogP contribution in [0.4, 0.5) is 5.82 Å². The van der Waals surface area contributed by atoms with Crippen molar-refractivity contribution < 1.29 is 19.0 Å². The Morgan fingerprint density at radius 3 is 2.55 bits per heavy atom. The fourth-order valence-electron chi connectivity index (χ4n) is 3.62. The largest absolute Gasteiger partial charge is 0.493 e. The molecule has 0 bridgehead atoms. The highest BCUT2D eigenvalue weighted by Crippen LogP contribution is 2.38. The molecule has 1 amide bonds. The molecule has 0 aliphatic heterocycles. The Labute approximate surface area is 178 Å². The Morgan fingerprint density at radius 2 is 1.81 bits per heavy atom. The summed E-state index contributed by atoms with van der Waals surface area (Å²) in [5, 5.41) is 9.09. The average molecular weight is 418 g/mol. The minimum Gasteiger partial charge on any atom is -0.493 e. The molecule has 0 atom stereocenters. The SMILES string of the molecule is COc1cc2nccc(Oc3ccc4c(NC(=O)C5CC5)nn(C)c4c3)c2cc1OC. The molecular weight excluding hydrogens is 396 g/mol. The van der Waals surface area contributed by atoms with Gasteiger partial charge in [-0.05, 0) is 37.1 Å². The highest BCUT2D eigenvalue weighted by Gasteiger charge is 2.30. The standard InChI is InChI=1S/C23H22N4O4/c1-27-18-10-14(6-7-15(18)22(26-27)25-23(28)13-4-5-13)31-19-8-9-24-17-12-21(30-3)20(29-2)11-16(17)19/h6-13H,4-5H2,1-3H3,(H,25,26,28). The summed E-state index contributed by atoms with van der Waals surface area (Å²) in [6, 6.07) is 11.2. The van der Waals surface area contributed by atoms with Gasteiger partial charge in [0.25, 0.3) is 0 Å². The third-order valence-corrected chi connectivity index (χ3v) is 5.45. The van der Waals surface area contributed by atoms with Crippen LogP contribution in [0.25, 0.3) is 21.8 Å². The molecule has 8 nitrogen and oxygen atoms in total. The number of rotatable bonds is 6. The van der Waals surface area contributed by atoms with Crippen molar-refractivity contribution in [3.8, 4) is 23.0 Å². The maximum atomic E-state index is 12.1. The van der Waals surface area contributed by atoms with Gasteiger partial charge in [-0.2, -0.15) is 5.10 Å². The Bertz CT molecular complexity index is 1310. The number of amides is 1. The van der Waals surface area contributed by atoms with Gasteiger partial charge in [0.15, 0.2) is 17.3 Å². The topological polar surface area (TPSA) is 87.5 Å². The molecule has 5 rings (SSSR count). The number of benzene rings is 2. The van der Waals surface area contributed by atoms with E-state index in [-0.39, 0.29) is 11.8 Å². The van der Waals surface area contributed by atoms with Crippen molar-refractivity contribution in [1.82, 2.24) is 14.8 Å². The van der Waals surface area contributed by atoms with Gasteiger partial charge in [-0.25, -0.2) is 0 Å². The summed E-state index contributed by atoms with van der Waals surface area (Å²) in [4.78, 5) is 16.6. The maximum Gasteiger partial charge on any atom is 0.228 e. The molecule has 0 unspecified atom stereocenters. The minimum atomic E-state index is 0.0351. The highest BCUT2D eigenvalue weighted by atomic mass is 16.5. The van der Waals surface area contributed by atoms with E-state index in [1.807, 2.05) is 43.4 Å². The van der Waals surface area contributed by atoms with Crippen molar-refractivity contribution in [3.63, 3.8) is 0 Å². The lowest BCUT2D eigenvalue weighted by Crippen LogP contribution is -2.14. The molecule has 0 radical (unpaired) electrons. The number of methoxy groups -OCH3 is 2. The number of aryl methyl sites for hydroxylation is 1. The van der Waals surface area contributed by atoms with Crippen molar-refractivity contribution in [2.75, 3.05) is 19.5 Å². The predicted octanol–water partition coefficient (Wildman–Crippen LogP) is 4.28. The molecule has 2 aromatic carbocycles. The summed E-state index contributed by atoms with van der Waals surface area (Å²) in [7, 11) is 5.03. The fourth-order valence-corrected chi connectivity index (χ4v) is 3.62. The third kappa shape index (κ3) is 3.50. The van der Waals surface area contributed by atoms with Crippen LogP contribution in [-0.2, 0) is 11.8 Å². The van der Waals surface area contributed by atoms with Gasteiger partial charge in [-0.1, -0.05) is 0 Å². The van der Waals surface area contributed by atoms with E-state index in [2.05, 4.69) is 15.4 Å². The Kier molecular flexibility index (Phi) is 4.62. The summed E-state index contributed by atoms with van der Waals surface area (Å²) in [6.07, 6.45) is 3.59. The molecule has 0 saturated heterocycles. The second-order valence-electron chi connectivity index (χ2n) is 7.55. The van der Waals surface area contributed by atoms with Gasteiger partial charge in [0.1, 0.15) is 11.5 Å². The average Bonchev–Trinajstić information content (AvgIpc) is 3.59. The fraction of sp³-hybridized carbons (Fsp3) is 0.261. The molecule has 4 aromatic rings. The van der Waals surface area contributed by atoms with Crippen LogP contribution < -0.4 is 19.5 Å². The van der Waals surface area contributed by atoms with Crippen molar-refractivity contribution in [1.29, 1.82) is 0 Å². The number of carbonyl (C=O) groups excluding carboxylic acids is 1. The van der Waals surface area contributed by atoms with E-state index in [9.17, 15) is 4.79 Å². The number of fused-ring (bicyclic) bond motifs is 2. The summed E-state index contributed by atoms with van der Waals surface area (Å²) in [5.74, 6) is 3.24. The molecule has 1 N–H and O–H groups in total. The van der Waals surface area contributed by atoms with E-state index in [1.165, 1.54) is 0 Å². The molecular formula is C23H22N4O4. The summed E-state index contributed by atoms with van der Waals surface area (Å²) >= 11 is 0. The van der Waals surface area contributed by atoms with Gasteiger partial charge in [0.05, 0.1) is 25.3 Å². The van der Waals surface area contributed by atoms with E-state index in [0.717, 1.165) is 34.6 Å². The van der Waals surface area contributed by atoms with Gasteiger partial charge in [0, 0.05) is 42.1 Å². The molecule has 158 valence electrons. The molecule has 31 heavy (non-hydrogen) atoms. The number of aromatic nitrogens is 3. The van der Waals surface area contributed by atoms with E-state index in [0.29, 0.717) is 28.8 Å². The molecule has 1 aliphatic carbocycles. The predicted molar refractivity (Wildman–Crippen MR) is 117 cm³/mol. The molecule has 0 spiro atoms. The zero-order valence-electron chi connectivity index (χ0n) is 17.5. The van der Waals surface area contributed by atoms with Gasteiger partial charge in [-0.3, -0.25) is 14.5 Å². The number of nitrogens with zero attached hydrogens (tertiary/aromatic N) is 3. The molecule has 1 saturated carbocycles. The first kappa shape index (κ1) is 19.2. The number of nitrogens with one attached hydrogen (secondary N) is 1. The highest BCUT2D eigenvalue weighted by molar-refractivity contribution is 6.01. The van der Waals surface area contributed by atoms with Crippen LogP contribution in [0.1, 0.15) is 12.8 Å². The van der Waals surface area contributed by atoms with Gasteiger partial charge >= 0.3 is 0 Å². The second-order valence-corrected chi connectivity index (χ2v) is 7.55. The van der Waals surface area contributed by atoms with Crippen LogP contribution in [0.2, 0.25) is 0 Å². The van der Waals surface area contributed by atoms with Crippen molar-refractivity contribution in [2.24, 2.45) is 13.0 Å². The molecule has 2 aromatic heterocycles. The first-order valence-electron chi connectivity index (χ1n) is 10.0. The normalized spacial score (nSPS) is 13.4. The lowest BCUT2D eigenvalue weighted by Gasteiger charge is -2.12. The van der Waals surface area contributed by atoms with Crippen LogP contribution in [0.3, 0.4) is 0 Å². The summed E-state index contributed by atoms with van der Waals surface area (Å²) in [5.41, 5.74) is 1.60. The van der Waals surface area contributed by atoms with Gasteiger partial charge < -0.3 is 19.5 Å². The third-order valence-electron chi connectivity index (χ3n) is 5.45. The summed E-state index contributed by atoms with van der Waals surface area (Å²) < 4.78 is 18.7. The van der Waals surface area contributed by atoms with Gasteiger partial charge in [0.2, 0.25) is 5.91 Å². The monoisotopic (exact) mass is 418 g/mol. The Morgan fingerprint density at radius 1 is 1.03 bits per heavy atom. The quantitative estimate of drug-likeness (QED) is 0.503. The summed E-state index contributed by atoms with van der Waals surface area (Å²) in [6.45, 7) is 0. The number of hydrogen-bond donors (Lipinski definition) is 1. The van der Waals surface area contributed by atoms with Crippen LogP contribution in [-0.4, -0.2) is 34.9 Å². The van der Waals surface area contributed by atoms with E-state index < -0.39 is 0 Å². The van der Waals surface area contributed by atoms with Crippen LogP contribution in [0, 0.1) is 5.92 Å². The molecule has 2 heterocycles. The minimum absolute atomic E-state index is 0.0351. The van der Waals surface area contributed by atoms with E-state index in [1.54, 1.807) is 25.1 Å². The zero-order valence-corrected chi connectivity index (χ0v) is 17.5. The molecule has 8 heteroatoms. The Balaban J connectivity index is 1.49. The molecule has 1 fully saturated rings. The zero-order chi connectivity index (χ0) is 21.5. The van der Waals surface area contributed by atoms with Crippen molar-refractivity contribution in [2.45, 2.75) is 12.8 Å². The number of anilines is 1. The lowest BCUT2D eigenvalue weighted by atomic mass is 10.1. The van der Waals surface area contributed by atoms with Crippen LogP contribution in [0.15, 0.2) is 42.6 Å². The number of hydrogen-bond acceptors (Lipinski definition) is 6. The van der Waals surface area contributed by atoms with E-state index in [4.69, 9.17) is 14.2 Å². The maximum absolute atomic E-state index is 12.1. The number of pyridine rings is 1. The van der Waals surface area contributed by atoms with Crippen molar-refractivity contribution >= 4 is 33.5 Å². The van der Waals surface area contributed by atoms with E-state index >= 15 is 0 Å². The second kappa shape index (κ2) is 7.46. The molecule has 1 aliphatic rings. The van der Waals surface area contributed by atoms with Gasteiger partial charge in [-0.15, -0.1) is 0 Å².